The van der Waals surface area contributed by atoms with Crippen molar-refractivity contribution in [3.63, 3.8) is 0 Å². The summed E-state index contributed by atoms with van der Waals surface area (Å²) in [6, 6.07) is 7.07. The number of benzene rings is 1. The molecule has 3 aromatic rings. The van der Waals surface area contributed by atoms with Gasteiger partial charge >= 0.3 is 5.69 Å². The number of amides is 1. The van der Waals surface area contributed by atoms with Gasteiger partial charge in [-0.05, 0) is 29.5 Å². The molecule has 0 atom stereocenters. The zero-order valence-electron chi connectivity index (χ0n) is 18.8. The van der Waals surface area contributed by atoms with Crippen LogP contribution in [0.15, 0.2) is 46.5 Å². The summed E-state index contributed by atoms with van der Waals surface area (Å²) in [6.07, 6.45) is 3.08. The Labute approximate surface area is 185 Å². The second-order valence-corrected chi connectivity index (χ2v) is 8.60. The number of hydrogen-bond acceptors (Lipinski definition) is 6. The van der Waals surface area contributed by atoms with Gasteiger partial charge in [0.25, 0.3) is 11.5 Å². The predicted molar refractivity (Wildman–Crippen MR) is 123 cm³/mol. The molecule has 10 nitrogen and oxygen atoms in total. The predicted octanol–water partition coefficient (Wildman–Crippen LogP) is 1.72. The first kappa shape index (κ1) is 23.0. The standard InChI is InChI=1S/C22H29N7O3/c1-14(2)9-28(18-19(23)29(10-15(3)4)22(32)26-20(18)30)21(31)17-7-5-16(6-8-17)11-27-13-24-12-25-27/h5-8,12-15H,9-11,23H2,1-4H3,(H,26,30,32). The highest BCUT2D eigenvalue weighted by atomic mass is 16.2. The summed E-state index contributed by atoms with van der Waals surface area (Å²) in [5.74, 6) is -0.183. The van der Waals surface area contributed by atoms with E-state index in [0.717, 1.165) is 5.56 Å². The first-order valence-corrected chi connectivity index (χ1v) is 10.5. The number of hydrogen-bond donors (Lipinski definition) is 2. The Morgan fingerprint density at radius 2 is 1.81 bits per heavy atom. The zero-order valence-corrected chi connectivity index (χ0v) is 18.8. The van der Waals surface area contributed by atoms with Crippen LogP contribution >= 0.6 is 0 Å². The lowest BCUT2D eigenvalue weighted by Crippen LogP contribution is -2.43. The Balaban J connectivity index is 1.99. The molecule has 170 valence electrons. The largest absolute Gasteiger partial charge is 0.383 e. The Morgan fingerprint density at radius 3 is 2.38 bits per heavy atom. The molecule has 0 aliphatic rings. The van der Waals surface area contributed by atoms with Gasteiger partial charge in [-0.25, -0.2) is 14.5 Å². The van der Waals surface area contributed by atoms with Gasteiger partial charge in [0.1, 0.15) is 18.5 Å². The van der Waals surface area contributed by atoms with E-state index in [1.54, 1.807) is 23.1 Å². The SMILES string of the molecule is CC(C)CN(C(=O)c1ccc(Cn2cncn2)cc1)c1c(N)n(CC(C)C)c(=O)[nH]c1=O. The Kier molecular flexibility index (Phi) is 6.92. The summed E-state index contributed by atoms with van der Waals surface area (Å²) in [7, 11) is 0. The average molecular weight is 440 g/mol. The number of aromatic amines is 1. The summed E-state index contributed by atoms with van der Waals surface area (Å²) in [5, 5.41) is 4.08. The molecule has 0 unspecified atom stereocenters. The number of H-pyrrole nitrogens is 1. The van der Waals surface area contributed by atoms with Crippen LogP contribution in [0.5, 0.6) is 0 Å². The second-order valence-electron chi connectivity index (χ2n) is 8.60. The number of rotatable bonds is 8. The lowest BCUT2D eigenvalue weighted by atomic mass is 10.1. The number of aromatic nitrogens is 5. The normalized spacial score (nSPS) is 11.3. The first-order chi connectivity index (χ1) is 15.2. The summed E-state index contributed by atoms with van der Waals surface area (Å²) in [5.41, 5.74) is 6.35. The van der Waals surface area contributed by atoms with Crippen molar-refractivity contribution in [2.45, 2.75) is 40.8 Å². The van der Waals surface area contributed by atoms with Gasteiger partial charge in [-0.2, -0.15) is 5.10 Å². The molecule has 2 aromatic heterocycles. The summed E-state index contributed by atoms with van der Waals surface area (Å²) >= 11 is 0. The maximum atomic E-state index is 13.4. The molecule has 10 heteroatoms. The van der Waals surface area contributed by atoms with Crippen LogP contribution in [0.3, 0.4) is 0 Å². The maximum absolute atomic E-state index is 13.4. The van der Waals surface area contributed by atoms with Gasteiger partial charge in [0, 0.05) is 18.7 Å². The molecule has 0 saturated carbocycles. The summed E-state index contributed by atoms with van der Waals surface area (Å²) < 4.78 is 2.99. The van der Waals surface area contributed by atoms with E-state index in [1.807, 2.05) is 39.8 Å². The van der Waals surface area contributed by atoms with Crippen molar-refractivity contribution in [3.05, 3.63) is 68.9 Å². The van der Waals surface area contributed by atoms with Crippen LogP contribution in [0.4, 0.5) is 11.5 Å². The summed E-state index contributed by atoms with van der Waals surface area (Å²) in [6.45, 7) is 8.88. The van der Waals surface area contributed by atoms with Crippen LogP contribution in [0.2, 0.25) is 0 Å². The van der Waals surface area contributed by atoms with E-state index >= 15 is 0 Å². The molecule has 0 fully saturated rings. The van der Waals surface area contributed by atoms with E-state index in [1.165, 1.54) is 15.8 Å². The Morgan fingerprint density at radius 1 is 1.12 bits per heavy atom. The third-order valence-corrected chi connectivity index (χ3v) is 4.84. The van der Waals surface area contributed by atoms with E-state index in [9.17, 15) is 14.4 Å². The molecule has 0 radical (unpaired) electrons. The molecule has 3 N–H and O–H groups in total. The van der Waals surface area contributed by atoms with Gasteiger partial charge in [-0.1, -0.05) is 39.8 Å². The number of nitrogens with zero attached hydrogens (tertiary/aromatic N) is 5. The molecular formula is C22H29N7O3. The smallest absolute Gasteiger partial charge is 0.330 e. The van der Waals surface area contributed by atoms with Gasteiger partial charge in [0.2, 0.25) is 0 Å². The maximum Gasteiger partial charge on any atom is 0.330 e. The van der Waals surface area contributed by atoms with Crippen molar-refractivity contribution in [1.82, 2.24) is 24.3 Å². The average Bonchev–Trinajstić information content (AvgIpc) is 3.23. The monoisotopic (exact) mass is 439 g/mol. The minimum atomic E-state index is -0.677. The molecular weight excluding hydrogens is 410 g/mol. The molecule has 0 saturated heterocycles. The molecule has 32 heavy (non-hydrogen) atoms. The fraction of sp³-hybridized carbons (Fsp3) is 0.409. The van der Waals surface area contributed by atoms with E-state index in [0.29, 0.717) is 18.7 Å². The van der Waals surface area contributed by atoms with Gasteiger partial charge in [-0.3, -0.25) is 19.1 Å². The van der Waals surface area contributed by atoms with E-state index in [4.69, 9.17) is 5.73 Å². The number of carbonyl (C=O) groups excluding carboxylic acids is 1. The van der Waals surface area contributed by atoms with Gasteiger partial charge < -0.3 is 10.6 Å². The van der Waals surface area contributed by atoms with Crippen molar-refractivity contribution in [1.29, 1.82) is 0 Å². The topological polar surface area (TPSA) is 132 Å². The van der Waals surface area contributed by atoms with Gasteiger partial charge in [-0.15, -0.1) is 0 Å². The Bertz CT molecular complexity index is 1180. The highest BCUT2D eigenvalue weighted by molar-refractivity contribution is 6.07. The van der Waals surface area contributed by atoms with Crippen LogP contribution in [-0.2, 0) is 13.1 Å². The molecule has 3 rings (SSSR count). The van der Waals surface area contributed by atoms with Crippen molar-refractivity contribution < 1.29 is 4.79 Å². The Hall–Kier alpha value is -3.69. The fourth-order valence-corrected chi connectivity index (χ4v) is 3.44. The highest BCUT2D eigenvalue weighted by Gasteiger charge is 2.26. The van der Waals surface area contributed by atoms with Gasteiger partial charge in [0.15, 0.2) is 5.69 Å². The molecule has 0 aliphatic heterocycles. The zero-order chi connectivity index (χ0) is 23.4. The number of anilines is 2. The van der Waals surface area contributed by atoms with E-state index in [-0.39, 0.29) is 35.8 Å². The number of nitrogens with one attached hydrogen (secondary N) is 1. The fourth-order valence-electron chi connectivity index (χ4n) is 3.44. The highest BCUT2D eigenvalue weighted by Crippen LogP contribution is 2.22. The minimum absolute atomic E-state index is 0.00404. The van der Waals surface area contributed by atoms with E-state index in [2.05, 4.69) is 15.1 Å². The third-order valence-electron chi connectivity index (χ3n) is 4.84. The molecule has 1 aromatic carbocycles. The van der Waals surface area contributed by atoms with Crippen LogP contribution in [0.25, 0.3) is 0 Å². The van der Waals surface area contributed by atoms with Crippen LogP contribution < -0.4 is 21.9 Å². The van der Waals surface area contributed by atoms with Crippen LogP contribution in [0.1, 0.15) is 43.6 Å². The second kappa shape index (κ2) is 9.63. The molecule has 2 heterocycles. The van der Waals surface area contributed by atoms with Crippen LogP contribution in [-0.4, -0.2) is 36.8 Å². The van der Waals surface area contributed by atoms with Crippen molar-refractivity contribution in [3.8, 4) is 0 Å². The van der Waals surface area contributed by atoms with E-state index < -0.39 is 11.2 Å². The van der Waals surface area contributed by atoms with Crippen molar-refractivity contribution in [2.24, 2.45) is 11.8 Å². The van der Waals surface area contributed by atoms with Gasteiger partial charge in [0.05, 0.1) is 6.54 Å². The lowest BCUT2D eigenvalue weighted by Gasteiger charge is -2.26. The molecule has 1 amide bonds. The van der Waals surface area contributed by atoms with Crippen LogP contribution in [0, 0.1) is 11.8 Å². The molecule has 0 aliphatic carbocycles. The summed E-state index contributed by atoms with van der Waals surface area (Å²) in [4.78, 5) is 46.1. The minimum Gasteiger partial charge on any atom is -0.383 e. The van der Waals surface area contributed by atoms with Crippen molar-refractivity contribution in [2.75, 3.05) is 17.2 Å². The molecule has 0 spiro atoms. The third kappa shape index (κ3) is 5.13. The number of carbonyl (C=O) groups is 1. The number of nitrogens with two attached hydrogens (primary N) is 1. The quantitative estimate of drug-likeness (QED) is 0.549. The first-order valence-electron chi connectivity index (χ1n) is 10.5. The molecule has 0 bridgehead atoms. The van der Waals surface area contributed by atoms with Crippen molar-refractivity contribution >= 4 is 17.4 Å². The lowest BCUT2D eigenvalue weighted by molar-refractivity contribution is 0.0983. The number of nitrogen functional groups attached to an aromatic ring is 1.